The van der Waals surface area contributed by atoms with Gasteiger partial charge in [-0.05, 0) is 19.1 Å². The Hall–Kier alpha value is -3.04. The summed E-state index contributed by atoms with van der Waals surface area (Å²) in [5, 5.41) is 18.4. The number of carbonyl (C=O) groups is 2. The topological polar surface area (TPSA) is 106 Å². The summed E-state index contributed by atoms with van der Waals surface area (Å²) in [6.07, 6.45) is 0.430. The second kappa shape index (κ2) is 7.49. The standard InChI is InChI=1S/C14H14F2N4O4/c1-8(24-10-2-3-11(15)12(16)4-10)14(23)17-5-9-6-20(19-18-9)7-13(21)22/h2-4,6,8H,5,7H2,1H3,(H,17,23)(H,21,22). The van der Waals surface area contributed by atoms with Crippen LogP contribution in [-0.2, 0) is 22.7 Å². The highest BCUT2D eigenvalue weighted by molar-refractivity contribution is 5.80. The predicted molar refractivity (Wildman–Crippen MR) is 76.0 cm³/mol. The number of carbonyl (C=O) groups excluding carboxylic acids is 1. The van der Waals surface area contributed by atoms with Crippen molar-refractivity contribution in [3.8, 4) is 5.75 Å². The minimum absolute atomic E-state index is 0.0175. The number of hydrogen-bond donors (Lipinski definition) is 2. The second-order valence-electron chi connectivity index (χ2n) is 4.85. The van der Waals surface area contributed by atoms with Gasteiger partial charge in [-0.25, -0.2) is 13.5 Å². The minimum Gasteiger partial charge on any atom is -0.481 e. The van der Waals surface area contributed by atoms with Gasteiger partial charge in [-0.1, -0.05) is 5.21 Å². The quantitative estimate of drug-likeness (QED) is 0.769. The number of nitrogens with zero attached hydrogens (tertiary/aromatic N) is 3. The van der Waals surface area contributed by atoms with Crippen molar-refractivity contribution in [2.24, 2.45) is 0 Å². The largest absolute Gasteiger partial charge is 0.481 e. The molecule has 0 fully saturated rings. The molecule has 0 radical (unpaired) electrons. The number of ether oxygens (including phenoxy) is 1. The lowest BCUT2D eigenvalue weighted by Gasteiger charge is -2.14. The number of amides is 1. The average molecular weight is 340 g/mol. The maximum atomic E-state index is 13.1. The molecule has 1 aromatic carbocycles. The first-order valence-corrected chi connectivity index (χ1v) is 6.85. The van der Waals surface area contributed by atoms with Crippen LogP contribution < -0.4 is 10.1 Å². The van der Waals surface area contributed by atoms with Gasteiger partial charge in [-0.2, -0.15) is 0 Å². The van der Waals surface area contributed by atoms with Crippen LogP contribution in [0.5, 0.6) is 5.75 Å². The smallest absolute Gasteiger partial charge is 0.325 e. The van der Waals surface area contributed by atoms with Crippen LogP contribution in [0.2, 0.25) is 0 Å². The van der Waals surface area contributed by atoms with Gasteiger partial charge < -0.3 is 15.2 Å². The lowest BCUT2D eigenvalue weighted by molar-refractivity contribution is -0.138. The van der Waals surface area contributed by atoms with E-state index in [-0.39, 0.29) is 18.8 Å². The fourth-order valence-corrected chi connectivity index (χ4v) is 1.76. The molecule has 0 saturated heterocycles. The molecule has 1 aromatic heterocycles. The maximum absolute atomic E-state index is 13.1. The van der Waals surface area contributed by atoms with Gasteiger partial charge in [-0.3, -0.25) is 9.59 Å². The Labute approximate surface area is 135 Å². The summed E-state index contributed by atoms with van der Waals surface area (Å²) in [6, 6.07) is 2.95. The normalized spacial score (nSPS) is 11.8. The van der Waals surface area contributed by atoms with Crippen molar-refractivity contribution < 1.29 is 28.2 Å². The molecule has 8 nitrogen and oxygen atoms in total. The van der Waals surface area contributed by atoms with Crippen LogP contribution >= 0.6 is 0 Å². The SMILES string of the molecule is CC(Oc1ccc(F)c(F)c1)C(=O)NCc1cn(CC(=O)O)nn1. The molecule has 128 valence electrons. The summed E-state index contributed by atoms with van der Waals surface area (Å²) in [7, 11) is 0. The van der Waals surface area contributed by atoms with Crippen molar-refractivity contribution in [3.05, 3.63) is 41.7 Å². The van der Waals surface area contributed by atoms with E-state index in [1.807, 2.05) is 0 Å². The first kappa shape index (κ1) is 17.3. The van der Waals surface area contributed by atoms with Crippen LogP contribution in [0.3, 0.4) is 0 Å². The van der Waals surface area contributed by atoms with Crippen LogP contribution in [0, 0.1) is 11.6 Å². The van der Waals surface area contributed by atoms with E-state index in [9.17, 15) is 18.4 Å². The fraction of sp³-hybridized carbons (Fsp3) is 0.286. The van der Waals surface area contributed by atoms with E-state index in [1.165, 1.54) is 19.2 Å². The van der Waals surface area contributed by atoms with Gasteiger partial charge in [0.25, 0.3) is 5.91 Å². The Morgan fingerprint density at radius 3 is 2.79 bits per heavy atom. The molecule has 0 spiro atoms. The number of carboxylic acids is 1. The molecule has 24 heavy (non-hydrogen) atoms. The molecule has 0 aliphatic rings. The number of nitrogens with one attached hydrogen (secondary N) is 1. The summed E-state index contributed by atoms with van der Waals surface area (Å²) in [6.45, 7) is 1.12. The van der Waals surface area contributed by atoms with Gasteiger partial charge >= 0.3 is 5.97 Å². The van der Waals surface area contributed by atoms with Gasteiger partial charge in [0.05, 0.1) is 12.7 Å². The molecule has 1 heterocycles. The summed E-state index contributed by atoms with van der Waals surface area (Å²) < 4.78 is 32.2. The summed E-state index contributed by atoms with van der Waals surface area (Å²) in [5.74, 6) is -3.64. The van der Waals surface area contributed by atoms with Crippen molar-refractivity contribution in [2.75, 3.05) is 0 Å². The maximum Gasteiger partial charge on any atom is 0.325 e. The van der Waals surface area contributed by atoms with E-state index >= 15 is 0 Å². The first-order chi connectivity index (χ1) is 11.3. The molecule has 1 amide bonds. The van der Waals surface area contributed by atoms with E-state index in [2.05, 4.69) is 15.6 Å². The van der Waals surface area contributed by atoms with E-state index in [4.69, 9.17) is 9.84 Å². The van der Waals surface area contributed by atoms with Gasteiger partial charge in [0, 0.05) is 6.07 Å². The highest BCUT2D eigenvalue weighted by atomic mass is 19.2. The third-order valence-corrected chi connectivity index (χ3v) is 2.90. The summed E-state index contributed by atoms with van der Waals surface area (Å²) in [4.78, 5) is 22.4. The molecule has 0 aliphatic carbocycles. The van der Waals surface area contributed by atoms with Crippen molar-refractivity contribution in [1.82, 2.24) is 20.3 Å². The van der Waals surface area contributed by atoms with Gasteiger partial charge in [0.2, 0.25) is 0 Å². The predicted octanol–water partition coefficient (Wildman–Crippen LogP) is 0.725. The fourth-order valence-electron chi connectivity index (χ4n) is 1.76. The minimum atomic E-state index is -1.07. The molecule has 0 saturated carbocycles. The van der Waals surface area contributed by atoms with Crippen LogP contribution in [0.1, 0.15) is 12.6 Å². The molecule has 2 rings (SSSR count). The molecule has 2 N–H and O–H groups in total. The highest BCUT2D eigenvalue weighted by Gasteiger charge is 2.16. The number of carboxylic acid groups (broad SMARTS) is 1. The van der Waals surface area contributed by atoms with Crippen LogP contribution in [0.15, 0.2) is 24.4 Å². The number of aromatic nitrogens is 3. The zero-order chi connectivity index (χ0) is 17.7. The van der Waals surface area contributed by atoms with Crippen molar-refractivity contribution in [3.63, 3.8) is 0 Å². The Balaban J connectivity index is 1.86. The number of rotatable bonds is 7. The molecular weight excluding hydrogens is 326 g/mol. The molecule has 2 aromatic rings. The van der Waals surface area contributed by atoms with Crippen molar-refractivity contribution >= 4 is 11.9 Å². The lowest BCUT2D eigenvalue weighted by atomic mass is 10.3. The van der Waals surface area contributed by atoms with E-state index < -0.39 is 29.6 Å². The highest BCUT2D eigenvalue weighted by Crippen LogP contribution is 2.16. The van der Waals surface area contributed by atoms with E-state index in [0.29, 0.717) is 5.69 Å². The molecule has 1 unspecified atom stereocenters. The first-order valence-electron chi connectivity index (χ1n) is 6.85. The molecular formula is C14H14F2N4O4. The van der Waals surface area contributed by atoms with Crippen LogP contribution in [0.25, 0.3) is 0 Å². The zero-order valence-corrected chi connectivity index (χ0v) is 12.6. The van der Waals surface area contributed by atoms with Crippen molar-refractivity contribution in [2.45, 2.75) is 26.1 Å². The molecule has 10 heteroatoms. The number of benzene rings is 1. The second-order valence-corrected chi connectivity index (χ2v) is 4.85. The number of aliphatic carboxylic acids is 1. The monoisotopic (exact) mass is 340 g/mol. The Morgan fingerprint density at radius 2 is 2.12 bits per heavy atom. The van der Waals surface area contributed by atoms with E-state index in [1.54, 1.807) is 0 Å². The summed E-state index contributed by atoms with van der Waals surface area (Å²) in [5.41, 5.74) is 0.365. The molecule has 1 atom stereocenters. The summed E-state index contributed by atoms with van der Waals surface area (Å²) >= 11 is 0. The third-order valence-electron chi connectivity index (χ3n) is 2.90. The zero-order valence-electron chi connectivity index (χ0n) is 12.6. The van der Waals surface area contributed by atoms with Gasteiger partial charge in [0.1, 0.15) is 18.0 Å². The Morgan fingerprint density at radius 1 is 1.38 bits per heavy atom. The average Bonchev–Trinajstić information content (AvgIpc) is 2.95. The van der Waals surface area contributed by atoms with Crippen LogP contribution in [-0.4, -0.2) is 38.1 Å². The van der Waals surface area contributed by atoms with Crippen molar-refractivity contribution in [1.29, 1.82) is 0 Å². The van der Waals surface area contributed by atoms with Crippen LogP contribution in [0.4, 0.5) is 8.78 Å². The molecule has 0 aliphatic heterocycles. The van der Waals surface area contributed by atoms with E-state index in [0.717, 1.165) is 16.8 Å². The lowest BCUT2D eigenvalue weighted by Crippen LogP contribution is -2.36. The Kier molecular flexibility index (Phi) is 5.40. The van der Waals surface area contributed by atoms with Gasteiger partial charge in [-0.15, -0.1) is 5.10 Å². The number of halogens is 2. The Bertz CT molecular complexity index is 750. The third kappa shape index (κ3) is 4.73. The number of hydrogen-bond acceptors (Lipinski definition) is 5. The molecule has 0 bridgehead atoms. The van der Waals surface area contributed by atoms with Gasteiger partial charge in [0.15, 0.2) is 17.7 Å².